The smallest absolute Gasteiger partial charge is 0.243 e. The van der Waals surface area contributed by atoms with E-state index >= 15 is 0 Å². The van der Waals surface area contributed by atoms with E-state index in [9.17, 15) is 19.2 Å². The number of likely N-dealkylation sites (tertiary alicyclic amines) is 1. The molecule has 0 bridgehead atoms. The predicted molar refractivity (Wildman–Crippen MR) is 154 cm³/mol. The molecular formula is C32H44N4O4. The van der Waals surface area contributed by atoms with Crippen LogP contribution in [0.3, 0.4) is 0 Å². The molecule has 3 fully saturated rings. The lowest BCUT2D eigenvalue weighted by Gasteiger charge is -2.37. The summed E-state index contributed by atoms with van der Waals surface area (Å²) in [6.45, 7) is 2.03. The summed E-state index contributed by atoms with van der Waals surface area (Å²) in [7, 11) is 3.76. The summed E-state index contributed by atoms with van der Waals surface area (Å²) in [6, 6.07) is 5.06. The third kappa shape index (κ3) is 7.58. The Bertz CT molecular complexity index is 1130. The SMILES string of the molecule is CNC(C(=O)N1CCC(CCC#Cc2cccc(C=O)c2CN(C)C2CCC(=O)NC2=O)CC1)C1CCCCC1. The minimum absolute atomic E-state index is 0.0481. The Hall–Kier alpha value is -3.02. The number of carbonyl (C=O) groups is 4. The van der Waals surface area contributed by atoms with Crippen LogP contribution in [0.25, 0.3) is 0 Å². The summed E-state index contributed by atoms with van der Waals surface area (Å²) < 4.78 is 0. The molecule has 2 heterocycles. The highest BCUT2D eigenvalue weighted by molar-refractivity contribution is 6.00. The van der Waals surface area contributed by atoms with E-state index in [-0.39, 0.29) is 23.8 Å². The van der Waals surface area contributed by atoms with Crippen LogP contribution in [0.15, 0.2) is 18.2 Å². The second-order valence-corrected chi connectivity index (χ2v) is 11.6. The first-order valence-corrected chi connectivity index (χ1v) is 15.0. The zero-order chi connectivity index (χ0) is 28.5. The van der Waals surface area contributed by atoms with Gasteiger partial charge in [0.1, 0.15) is 6.29 Å². The molecule has 216 valence electrons. The zero-order valence-corrected chi connectivity index (χ0v) is 24.0. The fourth-order valence-corrected chi connectivity index (χ4v) is 6.57. The van der Waals surface area contributed by atoms with E-state index in [0.717, 1.165) is 69.0 Å². The van der Waals surface area contributed by atoms with Crippen LogP contribution in [0.5, 0.6) is 0 Å². The van der Waals surface area contributed by atoms with Gasteiger partial charge >= 0.3 is 0 Å². The van der Waals surface area contributed by atoms with Crippen LogP contribution >= 0.6 is 0 Å². The quantitative estimate of drug-likeness (QED) is 0.279. The number of hydrogen-bond acceptors (Lipinski definition) is 6. The van der Waals surface area contributed by atoms with Gasteiger partial charge in [0.25, 0.3) is 0 Å². The molecule has 1 saturated carbocycles. The van der Waals surface area contributed by atoms with Crippen LogP contribution in [0, 0.1) is 23.7 Å². The molecule has 2 unspecified atom stereocenters. The molecule has 2 saturated heterocycles. The molecule has 1 aromatic carbocycles. The van der Waals surface area contributed by atoms with Gasteiger partial charge in [0.15, 0.2) is 0 Å². The zero-order valence-electron chi connectivity index (χ0n) is 24.0. The number of imide groups is 1. The highest BCUT2D eigenvalue weighted by atomic mass is 16.2. The minimum Gasteiger partial charge on any atom is -0.341 e. The summed E-state index contributed by atoms with van der Waals surface area (Å²) in [5.74, 6) is 7.35. The molecule has 8 nitrogen and oxygen atoms in total. The van der Waals surface area contributed by atoms with Crippen molar-refractivity contribution in [1.82, 2.24) is 20.4 Å². The number of likely N-dealkylation sites (N-methyl/N-ethyl adjacent to an activating group) is 2. The molecule has 4 rings (SSSR count). The first-order chi connectivity index (χ1) is 19.4. The molecule has 0 radical (unpaired) electrons. The number of carbonyl (C=O) groups excluding carboxylic acids is 4. The van der Waals surface area contributed by atoms with Gasteiger partial charge in [-0.3, -0.25) is 29.4 Å². The second-order valence-electron chi connectivity index (χ2n) is 11.6. The Morgan fingerprint density at radius 2 is 1.90 bits per heavy atom. The number of hydrogen-bond donors (Lipinski definition) is 2. The summed E-state index contributed by atoms with van der Waals surface area (Å²) in [5, 5.41) is 5.72. The summed E-state index contributed by atoms with van der Waals surface area (Å²) >= 11 is 0. The second kappa shape index (κ2) is 14.6. The van der Waals surface area contributed by atoms with Crippen molar-refractivity contribution < 1.29 is 19.2 Å². The van der Waals surface area contributed by atoms with Crippen LogP contribution in [-0.4, -0.2) is 73.1 Å². The maximum Gasteiger partial charge on any atom is 0.243 e. The lowest BCUT2D eigenvalue weighted by molar-refractivity contribution is -0.138. The van der Waals surface area contributed by atoms with Crippen LogP contribution in [-0.2, 0) is 20.9 Å². The summed E-state index contributed by atoms with van der Waals surface area (Å²) in [5.41, 5.74) is 2.17. The standard InChI is InChI=1S/C32H44N4O4/c1-33-30(25-11-4-3-5-12-25)32(40)36-19-17-23(18-20-36)9-6-7-10-24-13-8-14-26(22-37)27(24)21-35(2)28-15-16-29(38)34-31(28)39/h8,13-14,22-23,25,28,30,33H,3-6,9,11-12,15-21H2,1-2H3,(H,34,38,39). The monoisotopic (exact) mass is 548 g/mol. The van der Waals surface area contributed by atoms with Crippen molar-refractivity contribution in [3.8, 4) is 11.8 Å². The number of nitrogens with one attached hydrogen (secondary N) is 2. The van der Waals surface area contributed by atoms with Gasteiger partial charge < -0.3 is 10.2 Å². The first kappa shape index (κ1) is 30.0. The van der Waals surface area contributed by atoms with Crippen molar-refractivity contribution in [3.63, 3.8) is 0 Å². The van der Waals surface area contributed by atoms with Crippen molar-refractivity contribution in [3.05, 3.63) is 34.9 Å². The van der Waals surface area contributed by atoms with Gasteiger partial charge in [0.05, 0.1) is 12.1 Å². The van der Waals surface area contributed by atoms with E-state index in [1.807, 2.05) is 31.1 Å². The maximum atomic E-state index is 13.2. The van der Waals surface area contributed by atoms with E-state index in [4.69, 9.17) is 0 Å². The average molecular weight is 549 g/mol. The Labute approximate surface area is 238 Å². The van der Waals surface area contributed by atoms with Crippen molar-refractivity contribution in [2.24, 2.45) is 11.8 Å². The first-order valence-electron chi connectivity index (χ1n) is 15.0. The van der Waals surface area contributed by atoms with Gasteiger partial charge in [-0.15, -0.1) is 0 Å². The fourth-order valence-electron chi connectivity index (χ4n) is 6.57. The van der Waals surface area contributed by atoms with Crippen molar-refractivity contribution >= 4 is 24.0 Å². The lowest BCUT2D eigenvalue weighted by Crippen LogP contribution is -2.51. The minimum atomic E-state index is -0.415. The van der Waals surface area contributed by atoms with Gasteiger partial charge in [0.2, 0.25) is 17.7 Å². The molecule has 1 aromatic rings. The van der Waals surface area contributed by atoms with Gasteiger partial charge in [-0.25, -0.2) is 0 Å². The van der Waals surface area contributed by atoms with E-state index in [1.54, 1.807) is 6.07 Å². The molecule has 8 heteroatoms. The van der Waals surface area contributed by atoms with Crippen LogP contribution in [0.2, 0.25) is 0 Å². The number of aldehydes is 1. The molecule has 2 atom stereocenters. The Morgan fingerprint density at radius 3 is 2.58 bits per heavy atom. The van der Waals surface area contributed by atoms with Gasteiger partial charge in [-0.1, -0.05) is 43.2 Å². The van der Waals surface area contributed by atoms with Crippen molar-refractivity contribution in [2.75, 3.05) is 27.2 Å². The normalized spacial score (nSPS) is 21.5. The van der Waals surface area contributed by atoms with Crippen LogP contribution < -0.4 is 10.6 Å². The highest BCUT2D eigenvalue weighted by Gasteiger charge is 2.33. The number of benzene rings is 1. The van der Waals surface area contributed by atoms with E-state index in [0.29, 0.717) is 36.8 Å². The molecule has 1 aliphatic carbocycles. The van der Waals surface area contributed by atoms with Crippen LogP contribution in [0.1, 0.15) is 92.1 Å². The molecule has 2 aliphatic heterocycles. The number of nitrogens with zero attached hydrogens (tertiary/aromatic N) is 2. The number of amides is 3. The van der Waals surface area contributed by atoms with E-state index in [1.165, 1.54) is 19.3 Å². The average Bonchev–Trinajstić information content (AvgIpc) is 2.97. The predicted octanol–water partition coefficient (Wildman–Crippen LogP) is 3.27. The third-order valence-corrected chi connectivity index (χ3v) is 9.01. The molecule has 3 aliphatic rings. The van der Waals surface area contributed by atoms with Crippen LogP contribution in [0.4, 0.5) is 0 Å². The van der Waals surface area contributed by atoms with Gasteiger partial charge in [0, 0.05) is 43.6 Å². The Kier molecular flexibility index (Phi) is 10.9. The van der Waals surface area contributed by atoms with E-state index in [2.05, 4.69) is 27.4 Å². The number of piperidine rings is 2. The van der Waals surface area contributed by atoms with Crippen molar-refractivity contribution in [2.45, 2.75) is 89.3 Å². The number of rotatable bonds is 9. The maximum absolute atomic E-state index is 13.2. The summed E-state index contributed by atoms with van der Waals surface area (Å²) in [6.07, 6.45) is 11.4. The Balaban J connectivity index is 1.29. The fraction of sp³-hybridized carbons (Fsp3) is 0.625. The molecule has 0 aromatic heterocycles. The Morgan fingerprint density at radius 1 is 1.15 bits per heavy atom. The third-order valence-electron chi connectivity index (χ3n) is 9.01. The molecule has 0 spiro atoms. The molecule has 2 N–H and O–H groups in total. The summed E-state index contributed by atoms with van der Waals surface area (Å²) in [4.78, 5) is 52.8. The molecule has 40 heavy (non-hydrogen) atoms. The molecular weight excluding hydrogens is 504 g/mol. The van der Waals surface area contributed by atoms with E-state index < -0.39 is 6.04 Å². The van der Waals surface area contributed by atoms with Gasteiger partial charge in [-0.05, 0) is 76.1 Å². The van der Waals surface area contributed by atoms with Crippen molar-refractivity contribution in [1.29, 1.82) is 0 Å². The topological polar surface area (TPSA) is 98.8 Å². The largest absolute Gasteiger partial charge is 0.341 e. The lowest BCUT2D eigenvalue weighted by atomic mass is 9.83. The molecule has 3 amide bonds. The highest BCUT2D eigenvalue weighted by Crippen LogP contribution is 2.29. The van der Waals surface area contributed by atoms with Gasteiger partial charge in [-0.2, -0.15) is 0 Å².